The van der Waals surface area contributed by atoms with Crippen LogP contribution in [0.1, 0.15) is 66.4 Å². The summed E-state index contributed by atoms with van der Waals surface area (Å²) in [7, 11) is 0. The molecule has 0 spiro atoms. The smallest absolute Gasteiger partial charge is 0.245 e. The molecule has 0 radical (unpaired) electrons. The summed E-state index contributed by atoms with van der Waals surface area (Å²) in [4.78, 5) is 27.5. The summed E-state index contributed by atoms with van der Waals surface area (Å²) < 4.78 is 0. The van der Waals surface area contributed by atoms with Crippen LogP contribution in [-0.4, -0.2) is 51.7 Å². The molecule has 2 rings (SSSR count). The Morgan fingerprint density at radius 3 is 2.29 bits per heavy atom. The van der Waals surface area contributed by atoms with Gasteiger partial charge in [0.05, 0.1) is 11.2 Å². The van der Waals surface area contributed by atoms with Crippen molar-refractivity contribution < 1.29 is 19.8 Å². The van der Waals surface area contributed by atoms with Crippen LogP contribution in [0.25, 0.3) is 0 Å². The Kier molecular flexibility index (Phi) is 7.83. The lowest BCUT2D eigenvalue weighted by atomic mass is 9.66. The van der Waals surface area contributed by atoms with Gasteiger partial charge in [-0.25, -0.2) is 0 Å². The van der Waals surface area contributed by atoms with Gasteiger partial charge in [-0.15, -0.1) is 0 Å². The van der Waals surface area contributed by atoms with E-state index in [1.807, 2.05) is 39.8 Å². The van der Waals surface area contributed by atoms with Crippen molar-refractivity contribution in [3.63, 3.8) is 0 Å². The highest BCUT2D eigenvalue weighted by Gasteiger charge is 2.50. The standard InChI is InChI=1S/C24H37ClN2O4/c1-16(2)20(26-19(28)11-12-23(5,6)30)21(29)27-14-13-24(31,22(3,4)15-27)17-7-9-18(25)10-8-17/h7-10,16,20,30-31H,11-15H2,1-6H3,(H,26,28)/t20-,24+/m1/s1. The Morgan fingerprint density at radius 2 is 1.81 bits per heavy atom. The van der Waals surface area contributed by atoms with Crippen LogP contribution in [0, 0.1) is 11.3 Å². The van der Waals surface area contributed by atoms with Crippen molar-refractivity contribution in [2.45, 2.75) is 78.0 Å². The van der Waals surface area contributed by atoms with E-state index in [1.165, 1.54) is 0 Å². The second kappa shape index (κ2) is 9.47. The van der Waals surface area contributed by atoms with E-state index in [4.69, 9.17) is 11.6 Å². The molecule has 0 aliphatic carbocycles. The molecule has 6 nitrogen and oxygen atoms in total. The number of amides is 2. The van der Waals surface area contributed by atoms with Gasteiger partial charge in [-0.1, -0.05) is 51.4 Å². The minimum Gasteiger partial charge on any atom is -0.390 e. The summed E-state index contributed by atoms with van der Waals surface area (Å²) in [6.07, 6.45) is 0.870. The van der Waals surface area contributed by atoms with Crippen LogP contribution < -0.4 is 5.32 Å². The van der Waals surface area contributed by atoms with Crippen molar-refractivity contribution in [2.24, 2.45) is 11.3 Å². The van der Waals surface area contributed by atoms with Gasteiger partial charge in [-0.2, -0.15) is 0 Å². The molecule has 31 heavy (non-hydrogen) atoms. The van der Waals surface area contributed by atoms with E-state index in [0.717, 1.165) is 5.56 Å². The molecule has 0 saturated carbocycles. The maximum Gasteiger partial charge on any atom is 0.245 e. The highest BCUT2D eigenvalue weighted by molar-refractivity contribution is 6.30. The van der Waals surface area contributed by atoms with Gasteiger partial charge in [-0.05, 0) is 50.3 Å². The lowest BCUT2D eigenvalue weighted by Crippen LogP contribution is -2.60. The number of benzene rings is 1. The number of nitrogens with one attached hydrogen (secondary N) is 1. The van der Waals surface area contributed by atoms with Crippen LogP contribution >= 0.6 is 11.6 Å². The molecule has 1 fully saturated rings. The number of likely N-dealkylation sites (tertiary alicyclic amines) is 1. The van der Waals surface area contributed by atoms with E-state index < -0.39 is 22.7 Å². The average molecular weight is 453 g/mol. The normalized spacial score (nSPS) is 22.3. The molecular weight excluding hydrogens is 416 g/mol. The largest absolute Gasteiger partial charge is 0.390 e. The summed E-state index contributed by atoms with van der Waals surface area (Å²) in [5.41, 5.74) is -1.83. The van der Waals surface area contributed by atoms with Crippen LogP contribution in [0.3, 0.4) is 0 Å². The Morgan fingerprint density at radius 1 is 1.23 bits per heavy atom. The highest BCUT2D eigenvalue weighted by atomic mass is 35.5. The SMILES string of the molecule is CC(C)[C@@H](NC(=O)CCC(C)(C)O)C(=O)N1CC[C@](O)(c2ccc(Cl)cc2)C(C)(C)C1. The zero-order chi connectivity index (χ0) is 23.6. The van der Waals surface area contributed by atoms with Gasteiger partial charge < -0.3 is 20.4 Å². The third kappa shape index (κ3) is 6.21. The predicted octanol–water partition coefficient (Wildman–Crippen LogP) is 3.48. The van der Waals surface area contributed by atoms with Crippen molar-refractivity contribution in [3.8, 4) is 0 Å². The lowest BCUT2D eigenvalue weighted by molar-refractivity contribution is -0.156. The average Bonchev–Trinajstić information content (AvgIpc) is 2.65. The van der Waals surface area contributed by atoms with E-state index in [-0.39, 0.29) is 24.2 Å². The topological polar surface area (TPSA) is 89.9 Å². The van der Waals surface area contributed by atoms with E-state index >= 15 is 0 Å². The van der Waals surface area contributed by atoms with Crippen LogP contribution in [-0.2, 0) is 15.2 Å². The molecule has 1 aromatic rings. The quantitative estimate of drug-likeness (QED) is 0.590. The van der Waals surface area contributed by atoms with Crippen LogP contribution in [0.15, 0.2) is 24.3 Å². The number of hydrogen-bond donors (Lipinski definition) is 3. The van der Waals surface area contributed by atoms with Crippen LogP contribution in [0.2, 0.25) is 5.02 Å². The van der Waals surface area contributed by atoms with E-state index in [0.29, 0.717) is 31.0 Å². The zero-order valence-electron chi connectivity index (χ0n) is 19.5. The van der Waals surface area contributed by atoms with E-state index in [9.17, 15) is 19.8 Å². The summed E-state index contributed by atoms with van der Waals surface area (Å²) in [6, 6.07) is 6.55. The fourth-order valence-corrected chi connectivity index (χ4v) is 4.27. The van der Waals surface area contributed by atoms with Crippen molar-refractivity contribution >= 4 is 23.4 Å². The molecule has 1 aliphatic rings. The highest BCUT2D eigenvalue weighted by Crippen LogP contribution is 2.46. The minimum absolute atomic E-state index is 0.0845. The summed E-state index contributed by atoms with van der Waals surface area (Å²) in [5, 5.41) is 24.8. The third-order valence-corrected chi connectivity index (χ3v) is 6.55. The van der Waals surface area contributed by atoms with E-state index in [2.05, 4.69) is 5.32 Å². The molecule has 1 saturated heterocycles. The fraction of sp³-hybridized carbons (Fsp3) is 0.667. The number of piperidine rings is 1. The summed E-state index contributed by atoms with van der Waals surface area (Å²) in [5.74, 6) is -0.472. The molecule has 0 unspecified atom stereocenters. The van der Waals surface area contributed by atoms with Gasteiger partial charge in [0.1, 0.15) is 6.04 Å². The Labute approximate surface area is 191 Å². The molecule has 1 aromatic carbocycles. The van der Waals surface area contributed by atoms with Crippen molar-refractivity contribution in [1.29, 1.82) is 0 Å². The number of rotatable bonds is 7. The zero-order valence-corrected chi connectivity index (χ0v) is 20.3. The second-order valence-electron chi connectivity index (χ2n) is 10.4. The first-order valence-electron chi connectivity index (χ1n) is 11.0. The number of carbonyl (C=O) groups is 2. The van der Waals surface area contributed by atoms with Crippen LogP contribution in [0.5, 0.6) is 0 Å². The first kappa shape index (κ1) is 25.6. The first-order chi connectivity index (χ1) is 14.2. The molecule has 1 heterocycles. The van der Waals surface area contributed by atoms with Gasteiger partial charge in [0.15, 0.2) is 0 Å². The summed E-state index contributed by atoms with van der Waals surface area (Å²) in [6.45, 7) is 11.8. The maximum absolute atomic E-state index is 13.3. The molecule has 0 bridgehead atoms. The van der Waals surface area contributed by atoms with Gasteiger partial charge in [0.25, 0.3) is 0 Å². The van der Waals surface area contributed by atoms with Crippen LogP contribution in [0.4, 0.5) is 0 Å². The lowest BCUT2D eigenvalue weighted by Gasteiger charge is -2.51. The van der Waals surface area contributed by atoms with Gasteiger partial charge in [-0.3, -0.25) is 9.59 Å². The molecule has 1 aliphatic heterocycles. The Balaban J connectivity index is 2.12. The molecular formula is C24H37ClN2O4. The predicted molar refractivity (Wildman–Crippen MR) is 123 cm³/mol. The fourth-order valence-electron chi connectivity index (χ4n) is 4.15. The molecule has 0 aromatic heterocycles. The van der Waals surface area contributed by atoms with Gasteiger partial charge in [0, 0.05) is 29.9 Å². The minimum atomic E-state index is -1.09. The summed E-state index contributed by atoms with van der Waals surface area (Å²) >= 11 is 6.00. The molecule has 174 valence electrons. The van der Waals surface area contributed by atoms with Gasteiger partial charge >= 0.3 is 0 Å². The maximum atomic E-state index is 13.3. The molecule has 7 heteroatoms. The molecule has 2 amide bonds. The first-order valence-corrected chi connectivity index (χ1v) is 11.3. The second-order valence-corrected chi connectivity index (χ2v) is 10.8. The Hall–Kier alpha value is -1.63. The molecule has 2 atom stereocenters. The number of hydrogen-bond acceptors (Lipinski definition) is 4. The monoisotopic (exact) mass is 452 g/mol. The number of nitrogens with zero attached hydrogens (tertiary/aromatic N) is 1. The van der Waals surface area contributed by atoms with Crippen molar-refractivity contribution in [1.82, 2.24) is 10.2 Å². The number of halogens is 1. The van der Waals surface area contributed by atoms with E-state index in [1.54, 1.807) is 30.9 Å². The van der Waals surface area contributed by atoms with Gasteiger partial charge in [0.2, 0.25) is 11.8 Å². The third-order valence-electron chi connectivity index (χ3n) is 6.30. The van der Waals surface area contributed by atoms with Crippen molar-refractivity contribution in [2.75, 3.05) is 13.1 Å². The molecule has 3 N–H and O–H groups in total. The number of aliphatic hydroxyl groups is 2. The van der Waals surface area contributed by atoms with Crippen molar-refractivity contribution in [3.05, 3.63) is 34.9 Å². The number of carbonyl (C=O) groups excluding carboxylic acids is 2. The Bertz CT molecular complexity index is 786.